The molecular formula is C19H24ClN2O2+. The maximum Gasteiger partial charge on any atom is 0.338 e. The highest BCUT2D eigenvalue weighted by Crippen LogP contribution is 2.26. The van der Waals surface area contributed by atoms with Crippen molar-refractivity contribution < 1.29 is 14.5 Å². The van der Waals surface area contributed by atoms with E-state index in [9.17, 15) is 4.79 Å². The molecule has 0 saturated carbocycles. The Labute approximate surface area is 148 Å². The molecule has 0 unspecified atom stereocenters. The second kappa shape index (κ2) is 10.4. The third-order valence-corrected chi connectivity index (χ3v) is 3.22. The van der Waals surface area contributed by atoms with E-state index in [1.807, 2.05) is 58.3 Å². The molecule has 0 atom stereocenters. The van der Waals surface area contributed by atoms with Gasteiger partial charge < -0.3 is 10.1 Å². The van der Waals surface area contributed by atoms with E-state index < -0.39 is 0 Å². The smallest absolute Gasteiger partial charge is 0.338 e. The molecule has 0 aliphatic rings. The zero-order chi connectivity index (χ0) is 17.9. The number of anilines is 2. The van der Waals surface area contributed by atoms with E-state index in [4.69, 9.17) is 16.3 Å². The van der Waals surface area contributed by atoms with Gasteiger partial charge >= 0.3 is 5.97 Å². The van der Waals surface area contributed by atoms with Crippen molar-refractivity contribution in [3.63, 3.8) is 0 Å². The van der Waals surface area contributed by atoms with Crippen LogP contribution in [0.3, 0.4) is 0 Å². The van der Waals surface area contributed by atoms with Crippen LogP contribution in [0.15, 0.2) is 54.4 Å². The fourth-order valence-electron chi connectivity index (χ4n) is 1.74. The number of pyridine rings is 1. The SMILES string of the molecule is CC.CC(C)=CCOC(=O)c1ccc(Nc2cc[nH+]cc2)c(Cl)c1. The molecule has 0 amide bonds. The predicted molar refractivity (Wildman–Crippen MR) is 98.8 cm³/mol. The number of rotatable bonds is 5. The maximum atomic E-state index is 11.9. The van der Waals surface area contributed by atoms with E-state index in [0.717, 1.165) is 16.9 Å². The summed E-state index contributed by atoms with van der Waals surface area (Å²) in [5.74, 6) is -0.389. The highest BCUT2D eigenvalue weighted by atomic mass is 35.5. The first-order valence-corrected chi connectivity index (χ1v) is 8.27. The fourth-order valence-corrected chi connectivity index (χ4v) is 1.96. The van der Waals surface area contributed by atoms with Crippen molar-refractivity contribution in [2.45, 2.75) is 27.7 Å². The standard InChI is InChI=1S/C17H17ClN2O2.C2H6/c1-12(2)7-10-22-17(21)13-3-4-16(15(18)11-13)20-14-5-8-19-9-6-14;1-2/h3-9,11H,10H2,1-2H3,(H,19,20);1-2H3/p+1. The van der Waals surface area contributed by atoms with Crippen molar-refractivity contribution in [2.75, 3.05) is 11.9 Å². The summed E-state index contributed by atoms with van der Waals surface area (Å²) in [5.41, 5.74) is 3.16. The zero-order valence-corrected chi connectivity index (χ0v) is 15.3. The number of aromatic nitrogens is 1. The number of nitrogens with one attached hydrogen (secondary N) is 2. The molecule has 0 spiro atoms. The summed E-state index contributed by atoms with van der Waals surface area (Å²) >= 11 is 6.22. The molecular weight excluding hydrogens is 324 g/mol. The molecule has 2 aromatic rings. The van der Waals surface area contributed by atoms with Crippen LogP contribution in [0.25, 0.3) is 0 Å². The van der Waals surface area contributed by atoms with Gasteiger partial charge in [-0.1, -0.05) is 31.0 Å². The van der Waals surface area contributed by atoms with E-state index in [1.165, 1.54) is 0 Å². The van der Waals surface area contributed by atoms with Crippen LogP contribution in [-0.2, 0) is 4.74 Å². The van der Waals surface area contributed by atoms with Gasteiger partial charge in [0.15, 0.2) is 12.4 Å². The highest BCUT2D eigenvalue weighted by Gasteiger charge is 2.10. The number of H-pyrrole nitrogens is 1. The number of allylic oxidation sites excluding steroid dienone is 1. The zero-order valence-electron chi connectivity index (χ0n) is 14.5. The average molecular weight is 348 g/mol. The number of carbonyl (C=O) groups is 1. The van der Waals surface area contributed by atoms with Gasteiger partial charge in [-0.25, -0.2) is 9.78 Å². The van der Waals surface area contributed by atoms with E-state index in [2.05, 4.69) is 10.3 Å². The molecule has 2 rings (SSSR count). The Morgan fingerprint density at radius 3 is 2.46 bits per heavy atom. The summed E-state index contributed by atoms with van der Waals surface area (Å²) < 4.78 is 5.15. The number of hydrogen-bond acceptors (Lipinski definition) is 3. The molecule has 0 aliphatic carbocycles. The second-order valence-electron chi connectivity index (χ2n) is 4.99. The van der Waals surface area contributed by atoms with E-state index in [0.29, 0.717) is 10.6 Å². The summed E-state index contributed by atoms with van der Waals surface area (Å²) in [6.07, 6.45) is 5.47. The number of carbonyl (C=O) groups excluding carboxylic acids is 1. The minimum atomic E-state index is -0.389. The molecule has 0 radical (unpaired) electrons. The predicted octanol–water partition coefficient (Wildman–Crippen LogP) is 5.05. The van der Waals surface area contributed by atoms with Crippen LogP contribution in [-0.4, -0.2) is 12.6 Å². The van der Waals surface area contributed by atoms with Gasteiger partial charge in [0.2, 0.25) is 0 Å². The Balaban J connectivity index is 0.00000139. The topological polar surface area (TPSA) is 52.5 Å². The van der Waals surface area contributed by atoms with Crippen molar-refractivity contribution in [1.82, 2.24) is 0 Å². The lowest BCUT2D eigenvalue weighted by molar-refractivity contribution is -0.377. The fraction of sp³-hybridized carbons (Fsp3) is 0.263. The van der Waals surface area contributed by atoms with Crippen molar-refractivity contribution in [1.29, 1.82) is 0 Å². The van der Waals surface area contributed by atoms with Gasteiger partial charge in [-0.15, -0.1) is 0 Å². The summed E-state index contributed by atoms with van der Waals surface area (Å²) in [4.78, 5) is 14.9. The van der Waals surface area contributed by atoms with Crippen LogP contribution in [0.1, 0.15) is 38.1 Å². The Hall–Kier alpha value is -2.33. The second-order valence-corrected chi connectivity index (χ2v) is 5.40. The molecule has 1 aromatic heterocycles. The monoisotopic (exact) mass is 347 g/mol. The number of hydrogen-bond donors (Lipinski definition) is 1. The minimum Gasteiger partial charge on any atom is -0.458 e. The number of aromatic amines is 1. The summed E-state index contributed by atoms with van der Waals surface area (Å²) in [6.45, 7) is 8.17. The third-order valence-electron chi connectivity index (χ3n) is 2.91. The molecule has 4 nitrogen and oxygen atoms in total. The van der Waals surface area contributed by atoms with Gasteiger partial charge in [-0.3, -0.25) is 0 Å². The largest absolute Gasteiger partial charge is 0.458 e. The molecule has 0 aliphatic heterocycles. The molecule has 24 heavy (non-hydrogen) atoms. The summed E-state index contributed by atoms with van der Waals surface area (Å²) in [5, 5.41) is 3.65. The van der Waals surface area contributed by atoms with Gasteiger partial charge in [-0.05, 0) is 38.1 Å². The first-order chi connectivity index (χ1) is 11.6. The van der Waals surface area contributed by atoms with Gasteiger partial charge in [-0.2, -0.15) is 0 Å². The first-order valence-electron chi connectivity index (χ1n) is 7.89. The number of esters is 1. The minimum absolute atomic E-state index is 0.263. The molecule has 0 saturated heterocycles. The van der Waals surface area contributed by atoms with Gasteiger partial charge in [0.1, 0.15) is 6.61 Å². The van der Waals surface area contributed by atoms with E-state index in [1.54, 1.807) is 18.2 Å². The third kappa shape index (κ3) is 6.42. The van der Waals surface area contributed by atoms with Crippen molar-refractivity contribution in [3.8, 4) is 0 Å². The van der Waals surface area contributed by atoms with Crippen LogP contribution in [0.2, 0.25) is 5.02 Å². The van der Waals surface area contributed by atoms with E-state index >= 15 is 0 Å². The normalized spacial score (nSPS) is 9.38. The Morgan fingerprint density at radius 2 is 1.88 bits per heavy atom. The maximum absolute atomic E-state index is 11.9. The number of ether oxygens (including phenoxy) is 1. The van der Waals surface area contributed by atoms with Gasteiger partial charge in [0.05, 0.1) is 22.0 Å². The molecule has 1 heterocycles. The van der Waals surface area contributed by atoms with Crippen molar-refractivity contribution in [2.24, 2.45) is 0 Å². The molecule has 1 aromatic carbocycles. The van der Waals surface area contributed by atoms with Gasteiger partial charge in [0.25, 0.3) is 0 Å². The molecule has 0 bridgehead atoms. The number of halogens is 1. The molecule has 2 N–H and O–H groups in total. The Kier molecular flexibility index (Phi) is 8.58. The highest BCUT2D eigenvalue weighted by molar-refractivity contribution is 6.33. The van der Waals surface area contributed by atoms with Crippen LogP contribution in [0.5, 0.6) is 0 Å². The van der Waals surface area contributed by atoms with Crippen LogP contribution in [0, 0.1) is 0 Å². The first kappa shape index (κ1) is 19.7. The Bertz CT molecular complexity index is 681. The van der Waals surface area contributed by atoms with Gasteiger partial charge in [0, 0.05) is 12.1 Å². The van der Waals surface area contributed by atoms with Crippen LogP contribution >= 0.6 is 11.6 Å². The van der Waals surface area contributed by atoms with Crippen molar-refractivity contribution in [3.05, 3.63) is 65.0 Å². The quantitative estimate of drug-likeness (QED) is 0.608. The molecule has 128 valence electrons. The lowest BCUT2D eigenvalue weighted by atomic mass is 10.2. The van der Waals surface area contributed by atoms with Crippen LogP contribution in [0.4, 0.5) is 11.4 Å². The molecule has 0 fully saturated rings. The summed E-state index contributed by atoms with van der Waals surface area (Å²) in [6, 6.07) is 8.82. The average Bonchev–Trinajstić information content (AvgIpc) is 2.59. The van der Waals surface area contributed by atoms with E-state index in [-0.39, 0.29) is 12.6 Å². The lowest BCUT2D eigenvalue weighted by Gasteiger charge is -2.09. The summed E-state index contributed by atoms with van der Waals surface area (Å²) in [7, 11) is 0. The van der Waals surface area contributed by atoms with Crippen LogP contribution < -0.4 is 10.3 Å². The Morgan fingerprint density at radius 1 is 1.21 bits per heavy atom. The lowest BCUT2D eigenvalue weighted by Crippen LogP contribution is -2.06. The number of benzene rings is 1. The van der Waals surface area contributed by atoms with Crippen molar-refractivity contribution >= 4 is 28.9 Å². The molecule has 5 heteroatoms.